The summed E-state index contributed by atoms with van der Waals surface area (Å²) in [4.78, 5) is 11.0. The van der Waals surface area contributed by atoms with Gasteiger partial charge in [0, 0.05) is 24.6 Å². The zero-order valence-electron chi connectivity index (χ0n) is 11.1. The Morgan fingerprint density at radius 3 is 2.94 bits per heavy atom. The normalized spacial score (nSPS) is 11.1. The number of aromatic nitrogens is 2. The molecule has 98 valence electrons. The summed E-state index contributed by atoms with van der Waals surface area (Å²) < 4.78 is 5.32. The van der Waals surface area contributed by atoms with Gasteiger partial charge in [-0.2, -0.15) is 0 Å². The molecule has 18 heavy (non-hydrogen) atoms. The number of nitrogens with one attached hydrogen (secondary N) is 1. The number of fused-ring (bicyclic) bond motifs is 1. The third-order valence-electron chi connectivity index (χ3n) is 2.93. The molecule has 2 rings (SSSR count). The van der Waals surface area contributed by atoms with E-state index in [0.29, 0.717) is 0 Å². The number of nitrogens with zero attached hydrogens (tertiary/aromatic N) is 2. The zero-order chi connectivity index (χ0) is 13.0. The number of ether oxygens (including phenoxy) is 1. The number of hydrogen-bond donors (Lipinski definition) is 1. The molecule has 2 aromatic heterocycles. The van der Waals surface area contributed by atoms with E-state index in [-0.39, 0.29) is 0 Å². The van der Waals surface area contributed by atoms with Gasteiger partial charge >= 0.3 is 0 Å². The number of thiophene rings is 1. The van der Waals surface area contributed by atoms with Crippen LogP contribution in [0.2, 0.25) is 0 Å². The predicted molar refractivity (Wildman–Crippen MR) is 76.5 cm³/mol. The topological polar surface area (TPSA) is 47.0 Å². The maximum absolute atomic E-state index is 5.32. The molecule has 0 fully saturated rings. The largest absolute Gasteiger partial charge is 0.382 e. The highest BCUT2D eigenvalue weighted by Crippen LogP contribution is 2.32. The van der Waals surface area contributed by atoms with Crippen molar-refractivity contribution in [1.82, 2.24) is 9.97 Å². The van der Waals surface area contributed by atoms with E-state index in [9.17, 15) is 0 Å². The molecule has 0 bridgehead atoms. The lowest BCUT2D eigenvalue weighted by Crippen LogP contribution is -2.07. The Labute approximate surface area is 111 Å². The SMILES string of the molecule is CCOCCCNc1ncnc2sc(C)c(C)c12. The van der Waals surface area contributed by atoms with Crippen molar-refractivity contribution in [3.05, 3.63) is 16.8 Å². The Kier molecular flexibility index (Phi) is 4.49. The van der Waals surface area contributed by atoms with Crippen molar-refractivity contribution >= 4 is 27.4 Å². The number of rotatable bonds is 6. The van der Waals surface area contributed by atoms with Gasteiger partial charge in [-0.3, -0.25) is 0 Å². The molecule has 0 spiro atoms. The van der Waals surface area contributed by atoms with Crippen molar-refractivity contribution < 1.29 is 4.74 Å². The highest BCUT2D eigenvalue weighted by atomic mass is 32.1. The summed E-state index contributed by atoms with van der Waals surface area (Å²) in [6.45, 7) is 8.71. The number of hydrogen-bond acceptors (Lipinski definition) is 5. The van der Waals surface area contributed by atoms with Crippen molar-refractivity contribution in [3.63, 3.8) is 0 Å². The van der Waals surface area contributed by atoms with Crippen LogP contribution < -0.4 is 5.32 Å². The molecule has 0 aliphatic carbocycles. The summed E-state index contributed by atoms with van der Waals surface area (Å²) >= 11 is 1.72. The van der Waals surface area contributed by atoms with E-state index in [2.05, 4.69) is 29.1 Å². The van der Waals surface area contributed by atoms with E-state index >= 15 is 0 Å². The molecule has 1 N–H and O–H groups in total. The van der Waals surface area contributed by atoms with Crippen molar-refractivity contribution in [3.8, 4) is 0 Å². The van der Waals surface area contributed by atoms with Crippen molar-refractivity contribution in [1.29, 1.82) is 0 Å². The summed E-state index contributed by atoms with van der Waals surface area (Å²) in [5.74, 6) is 0.943. The second-order valence-electron chi connectivity index (χ2n) is 4.16. The fraction of sp³-hybridized carbons (Fsp3) is 0.538. The van der Waals surface area contributed by atoms with Gasteiger partial charge in [0.05, 0.1) is 5.39 Å². The molecule has 2 aromatic rings. The molecular formula is C13H19N3OS. The molecule has 2 heterocycles. The molecular weight excluding hydrogens is 246 g/mol. The molecule has 0 radical (unpaired) electrons. The van der Waals surface area contributed by atoms with E-state index in [0.717, 1.165) is 42.2 Å². The first-order chi connectivity index (χ1) is 8.74. The Morgan fingerprint density at radius 2 is 2.17 bits per heavy atom. The van der Waals surface area contributed by atoms with Crippen molar-refractivity contribution in [2.24, 2.45) is 0 Å². The predicted octanol–water partition coefficient (Wildman–Crippen LogP) is 3.15. The van der Waals surface area contributed by atoms with E-state index in [1.165, 1.54) is 10.4 Å². The average molecular weight is 265 g/mol. The lowest BCUT2D eigenvalue weighted by atomic mass is 10.2. The quantitative estimate of drug-likeness (QED) is 0.815. The molecule has 0 aromatic carbocycles. The van der Waals surface area contributed by atoms with E-state index in [1.54, 1.807) is 17.7 Å². The van der Waals surface area contributed by atoms with Crippen molar-refractivity contribution in [2.45, 2.75) is 27.2 Å². The summed E-state index contributed by atoms with van der Waals surface area (Å²) in [5, 5.41) is 4.54. The molecule has 0 saturated heterocycles. The van der Waals surface area contributed by atoms with Gasteiger partial charge < -0.3 is 10.1 Å². The van der Waals surface area contributed by atoms with Gasteiger partial charge in [-0.25, -0.2) is 9.97 Å². The van der Waals surface area contributed by atoms with Crippen LogP contribution in [0.15, 0.2) is 6.33 Å². The Morgan fingerprint density at radius 1 is 1.33 bits per heavy atom. The standard InChI is InChI=1S/C13H19N3OS/c1-4-17-7-5-6-14-12-11-9(2)10(3)18-13(11)16-8-15-12/h8H,4-7H2,1-3H3,(H,14,15,16). The monoisotopic (exact) mass is 265 g/mol. The van der Waals surface area contributed by atoms with Crippen LogP contribution in [0.1, 0.15) is 23.8 Å². The van der Waals surface area contributed by atoms with Crippen molar-refractivity contribution in [2.75, 3.05) is 25.1 Å². The average Bonchev–Trinajstić information content (AvgIpc) is 2.66. The molecule has 5 heteroatoms. The van der Waals surface area contributed by atoms with Gasteiger partial charge in [-0.15, -0.1) is 11.3 Å². The van der Waals surface area contributed by atoms with Crippen LogP contribution in [0, 0.1) is 13.8 Å². The first kappa shape index (κ1) is 13.2. The molecule has 0 aliphatic rings. The highest BCUT2D eigenvalue weighted by molar-refractivity contribution is 7.18. The Balaban J connectivity index is 2.08. The lowest BCUT2D eigenvalue weighted by Gasteiger charge is -2.07. The third kappa shape index (κ3) is 2.79. The maximum atomic E-state index is 5.32. The minimum absolute atomic E-state index is 0.778. The molecule has 4 nitrogen and oxygen atoms in total. The van der Waals surface area contributed by atoms with Crippen LogP contribution in [0.5, 0.6) is 0 Å². The molecule has 0 saturated carbocycles. The smallest absolute Gasteiger partial charge is 0.138 e. The zero-order valence-corrected chi connectivity index (χ0v) is 11.9. The minimum atomic E-state index is 0.778. The Bertz CT molecular complexity index is 524. The fourth-order valence-electron chi connectivity index (χ4n) is 1.84. The molecule has 0 unspecified atom stereocenters. The molecule has 0 amide bonds. The minimum Gasteiger partial charge on any atom is -0.382 e. The van der Waals surface area contributed by atoms with Crippen LogP contribution in [-0.4, -0.2) is 29.7 Å². The van der Waals surface area contributed by atoms with E-state index in [1.807, 2.05) is 6.92 Å². The summed E-state index contributed by atoms with van der Waals surface area (Å²) in [7, 11) is 0. The first-order valence-corrected chi connectivity index (χ1v) is 7.08. The molecule has 0 atom stereocenters. The summed E-state index contributed by atoms with van der Waals surface area (Å²) in [6, 6.07) is 0. The van der Waals surface area contributed by atoms with E-state index in [4.69, 9.17) is 4.74 Å². The lowest BCUT2D eigenvalue weighted by molar-refractivity contribution is 0.147. The van der Waals surface area contributed by atoms with Crippen LogP contribution in [0.4, 0.5) is 5.82 Å². The second-order valence-corrected chi connectivity index (χ2v) is 5.37. The first-order valence-electron chi connectivity index (χ1n) is 6.26. The number of aryl methyl sites for hydroxylation is 2. The van der Waals surface area contributed by atoms with Gasteiger partial charge in [0.25, 0.3) is 0 Å². The number of anilines is 1. The molecule has 0 aliphatic heterocycles. The van der Waals surface area contributed by atoms with Crippen LogP contribution in [0.3, 0.4) is 0 Å². The maximum Gasteiger partial charge on any atom is 0.138 e. The van der Waals surface area contributed by atoms with Crippen LogP contribution in [-0.2, 0) is 4.74 Å². The Hall–Kier alpha value is -1.20. The summed E-state index contributed by atoms with van der Waals surface area (Å²) in [6.07, 6.45) is 2.62. The van der Waals surface area contributed by atoms with E-state index < -0.39 is 0 Å². The van der Waals surface area contributed by atoms with Gasteiger partial charge in [0.1, 0.15) is 17.0 Å². The fourth-order valence-corrected chi connectivity index (χ4v) is 2.84. The van der Waals surface area contributed by atoms with Crippen LogP contribution in [0.25, 0.3) is 10.2 Å². The second kappa shape index (κ2) is 6.11. The van der Waals surface area contributed by atoms with Crippen LogP contribution >= 0.6 is 11.3 Å². The van der Waals surface area contributed by atoms with Gasteiger partial charge in [0.2, 0.25) is 0 Å². The summed E-state index contributed by atoms with van der Waals surface area (Å²) in [5.41, 5.74) is 1.28. The van der Waals surface area contributed by atoms with Gasteiger partial charge in [-0.1, -0.05) is 0 Å². The third-order valence-corrected chi connectivity index (χ3v) is 4.04. The van der Waals surface area contributed by atoms with Gasteiger partial charge in [-0.05, 0) is 32.8 Å². The highest BCUT2D eigenvalue weighted by Gasteiger charge is 2.11. The van der Waals surface area contributed by atoms with Gasteiger partial charge in [0.15, 0.2) is 0 Å².